The largest absolute Gasteiger partial charge is 0.486 e. The van der Waals surface area contributed by atoms with Gasteiger partial charge in [-0.15, -0.1) is 39.4 Å². The number of thioether (sulfide) groups is 1. The molecule has 5 nitrogen and oxygen atoms in total. The number of nitrogens with zero attached hydrogens (tertiary/aromatic N) is 4. The number of thiazole rings is 1. The van der Waals surface area contributed by atoms with Gasteiger partial charge in [0.15, 0.2) is 11.0 Å². The van der Waals surface area contributed by atoms with Gasteiger partial charge in [-0.1, -0.05) is 36.0 Å². The summed E-state index contributed by atoms with van der Waals surface area (Å²) in [5.74, 6) is 2.36. The second-order valence-electron chi connectivity index (χ2n) is 6.31. The molecule has 148 valence electrons. The summed E-state index contributed by atoms with van der Waals surface area (Å²) in [5, 5.41) is 14.8. The van der Waals surface area contributed by atoms with Crippen LogP contribution in [0.15, 0.2) is 65.0 Å². The molecule has 0 N–H and O–H groups in total. The second-order valence-corrected chi connectivity index (χ2v) is 9.06. The Morgan fingerprint density at radius 1 is 1.21 bits per heavy atom. The highest BCUT2D eigenvalue weighted by atomic mass is 32.2. The van der Waals surface area contributed by atoms with Crippen molar-refractivity contribution in [2.24, 2.45) is 0 Å². The fraction of sp³-hybridized carbons (Fsp3) is 0.190. The molecule has 0 spiro atoms. The highest BCUT2D eigenvalue weighted by molar-refractivity contribution is 7.98. The Labute approximate surface area is 182 Å². The van der Waals surface area contributed by atoms with Crippen LogP contribution in [0, 0.1) is 6.92 Å². The third kappa shape index (κ3) is 4.95. The van der Waals surface area contributed by atoms with Crippen LogP contribution in [0.3, 0.4) is 0 Å². The predicted octanol–water partition coefficient (Wildman–Crippen LogP) is 5.83. The molecule has 0 saturated carbocycles. The third-order valence-electron chi connectivity index (χ3n) is 4.10. The van der Waals surface area contributed by atoms with Gasteiger partial charge in [0.05, 0.1) is 10.6 Å². The number of hydrogen-bond acceptors (Lipinski definition) is 7. The molecule has 8 heteroatoms. The van der Waals surface area contributed by atoms with Gasteiger partial charge in [-0.3, -0.25) is 4.57 Å². The zero-order valence-electron chi connectivity index (χ0n) is 15.9. The molecule has 0 atom stereocenters. The predicted molar refractivity (Wildman–Crippen MR) is 121 cm³/mol. The summed E-state index contributed by atoms with van der Waals surface area (Å²) in [6, 6.07) is 12.1. The summed E-state index contributed by atoms with van der Waals surface area (Å²) in [4.78, 5) is 5.95. The van der Waals surface area contributed by atoms with E-state index >= 15 is 0 Å². The lowest BCUT2D eigenvalue weighted by atomic mass is 10.2. The molecule has 0 saturated heterocycles. The standard InChI is InChI=1S/C21H20N4OS3/c1-3-9-25-19(12-26-17-7-4-6-15(2)11-17)23-24-21(25)29-14-16-13-28-20(22-16)18-8-5-10-27-18/h3-8,10-11,13H,1,9,12,14H2,2H3. The molecule has 0 amide bonds. The molecule has 0 aliphatic rings. The Bertz CT molecular complexity index is 1090. The molecule has 3 heterocycles. The van der Waals surface area contributed by atoms with Crippen LogP contribution in [0.25, 0.3) is 9.88 Å². The van der Waals surface area contributed by atoms with Crippen molar-refractivity contribution in [2.75, 3.05) is 0 Å². The van der Waals surface area contributed by atoms with Crippen molar-refractivity contribution in [3.63, 3.8) is 0 Å². The molecule has 0 aliphatic carbocycles. The lowest BCUT2D eigenvalue weighted by molar-refractivity contribution is 0.289. The molecular formula is C21H20N4OS3. The fourth-order valence-corrected chi connectivity index (χ4v) is 5.32. The van der Waals surface area contributed by atoms with E-state index in [0.717, 1.165) is 38.7 Å². The normalized spacial score (nSPS) is 10.9. The maximum Gasteiger partial charge on any atom is 0.191 e. The number of allylic oxidation sites excluding steroid dienone is 1. The van der Waals surface area contributed by atoms with Crippen molar-refractivity contribution >= 4 is 34.4 Å². The van der Waals surface area contributed by atoms with E-state index in [0.29, 0.717) is 13.2 Å². The maximum absolute atomic E-state index is 5.90. The van der Waals surface area contributed by atoms with Gasteiger partial charge >= 0.3 is 0 Å². The van der Waals surface area contributed by atoms with Crippen LogP contribution in [-0.2, 0) is 18.9 Å². The van der Waals surface area contributed by atoms with E-state index < -0.39 is 0 Å². The zero-order valence-corrected chi connectivity index (χ0v) is 18.4. The lowest BCUT2D eigenvalue weighted by Gasteiger charge is -2.09. The molecule has 4 aromatic rings. The summed E-state index contributed by atoms with van der Waals surface area (Å²) in [7, 11) is 0. The molecule has 1 aromatic carbocycles. The van der Waals surface area contributed by atoms with Gasteiger partial charge in [-0.25, -0.2) is 4.98 Å². The van der Waals surface area contributed by atoms with Crippen molar-refractivity contribution in [2.45, 2.75) is 31.0 Å². The van der Waals surface area contributed by atoms with Gasteiger partial charge in [0, 0.05) is 17.7 Å². The quantitative estimate of drug-likeness (QED) is 0.242. The van der Waals surface area contributed by atoms with E-state index in [9.17, 15) is 0 Å². The number of ether oxygens (including phenoxy) is 1. The highest BCUT2D eigenvalue weighted by Crippen LogP contribution is 2.30. The van der Waals surface area contributed by atoms with E-state index in [2.05, 4.69) is 33.6 Å². The van der Waals surface area contributed by atoms with E-state index in [1.54, 1.807) is 34.4 Å². The van der Waals surface area contributed by atoms with Crippen LogP contribution in [-0.4, -0.2) is 19.7 Å². The maximum atomic E-state index is 5.90. The Balaban J connectivity index is 1.43. The SMILES string of the molecule is C=CCn1c(COc2cccc(C)c2)nnc1SCc1csc(-c2cccs2)n1. The summed E-state index contributed by atoms with van der Waals surface area (Å²) >= 11 is 5.02. The average Bonchev–Trinajstić information content (AvgIpc) is 3.46. The monoisotopic (exact) mass is 440 g/mol. The first-order valence-corrected chi connectivity index (χ1v) is 11.8. The summed E-state index contributed by atoms with van der Waals surface area (Å²) < 4.78 is 7.95. The highest BCUT2D eigenvalue weighted by Gasteiger charge is 2.14. The summed E-state index contributed by atoms with van der Waals surface area (Å²) in [6.07, 6.45) is 1.85. The van der Waals surface area contributed by atoms with Gasteiger partial charge < -0.3 is 4.74 Å². The third-order valence-corrected chi connectivity index (χ3v) is 7.03. The first kappa shape index (κ1) is 19.9. The van der Waals surface area contributed by atoms with Crippen molar-refractivity contribution in [1.82, 2.24) is 19.7 Å². The molecule has 29 heavy (non-hydrogen) atoms. The number of thiophene rings is 1. The van der Waals surface area contributed by atoms with Gasteiger partial charge in [0.1, 0.15) is 17.4 Å². The average molecular weight is 441 g/mol. The van der Waals surface area contributed by atoms with E-state index in [-0.39, 0.29) is 0 Å². The Morgan fingerprint density at radius 3 is 2.93 bits per heavy atom. The van der Waals surface area contributed by atoms with Crippen molar-refractivity contribution in [3.05, 3.63) is 76.9 Å². The van der Waals surface area contributed by atoms with Crippen molar-refractivity contribution < 1.29 is 4.74 Å². The Hall–Kier alpha value is -2.42. The van der Waals surface area contributed by atoms with Crippen LogP contribution in [0.4, 0.5) is 0 Å². The van der Waals surface area contributed by atoms with Gasteiger partial charge in [-0.2, -0.15) is 0 Å². The van der Waals surface area contributed by atoms with Gasteiger partial charge in [0.2, 0.25) is 0 Å². The van der Waals surface area contributed by atoms with E-state index in [1.165, 1.54) is 4.88 Å². The van der Waals surface area contributed by atoms with Crippen LogP contribution in [0.1, 0.15) is 17.1 Å². The number of hydrogen-bond donors (Lipinski definition) is 0. The van der Waals surface area contributed by atoms with Crippen LogP contribution in [0.5, 0.6) is 5.75 Å². The summed E-state index contributed by atoms with van der Waals surface area (Å²) in [5.41, 5.74) is 2.21. The smallest absolute Gasteiger partial charge is 0.191 e. The molecule has 0 bridgehead atoms. The van der Waals surface area contributed by atoms with E-state index in [1.807, 2.05) is 47.9 Å². The molecule has 0 radical (unpaired) electrons. The summed E-state index contributed by atoms with van der Waals surface area (Å²) in [6.45, 7) is 6.91. The minimum absolute atomic E-state index is 0.365. The first-order chi connectivity index (χ1) is 14.2. The first-order valence-electron chi connectivity index (χ1n) is 9.06. The zero-order chi connectivity index (χ0) is 20.1. The van der Waals surface area contributed by atoms with Crippen molar-refractivity contribution in [1.29, 1.82) is 0 Å². The second kappa shape index (κ2) is 9.39. The number of rotatable bonds is 9. The van der Waals surface area contributed by atoms with Crippen LogP contribution < -0.4 is 4.74 Å². The molecule has 0 unspecified atom stereocenters. The number of aryl methyl sites for hydroxylation is 1. The number of benzene rings is 1. The molecule has 0 fully saturated rings. The fourth-order valence-electron chi connectivity index (χ4n) is 2.72. The minimum atomic E-state index is 0.365. The number of aromatic nitrogens is 4. The molecule has 4 rings (SSSR count). The van der Waals surface area contributed by atoms with Gasteiger partial charge in [-0.05, 0) is 36.1 Å². The molecule has 0 aliphatic heterocycles. The topological polar surface area (TPSA) is 52.8 Å². The molecule has 3 aromatic heterocycles. The molecular weight excluding hydrogens is 420 g/mol. The minimum Gasteiger partial charge on any atom is -0.486 e. The van der Waals surface area contributed by atoms with E-state index in [4.69, 9.17) is 9.72 Å². The Morgan fingerprint density at radius 2 is 2.14 bits per heavy atom. The van der Waals surface area contributed by atoms with Crippen LogP contribution in [0.2, 0.25) is 0 Å². The lowest BCUT2D eigenvalue weighted by Crippen LogP contribution is -2.07. The van der Waals surface area contributed by atoms with Crippen LogP contribution >= 0.6 is 34.4 Å². The van der Waals surface area contributed by atoms with Gasteiger partial charge in [0.25, 0.3) is 0 Å². The van der Waals surface area contributed by atoms with Crippen molar-refractivity contribution in [3.8, 4) is 15.6 Å². The Kier molecular flexibility index (Phi) is 6.43.